The maximum absolute atomic E-state index is 13.8. The van der Waals surface area contributed by atoms with E-state index in [2.05, 4.69) is 20.9 Å². The molecule has 1 amide bonds. The number of hydrogen-bond acceptors (Lipinski definition) is 8. The predicted molar refractivity (Wildman–Crippen MR) is 154 cm³/mol. The number of halogens is 1. The molecule has 0 bridgehead atoms. The van der Waals surface area contributed by atoms with E-state index in [1.165, 1.54) is 0 Å². The smallest absolute Gasteiger partial charge is 0.272 e. The van der Waals surface area contributed by atoms with E-state index in [1.807, 2.05) is 48.2 Å². The second-order valence-electron chi connectivity index (χ2n) is 10.8. The van der Waals surface area contributed by atoms with Crippen LogP contribution >= 0.6 is 0 Å². The fourth-order valence-electron chi connectivity index (χ4n) is 5.72. The van der Waals surface area contributed by atoms with Gasteiger partial charge in [0.25, 0.3) is 5.91 Å². The van der Waals surface area contributed by atoms with Crippen molar-refractivity contribution in [2.45, 2.75) is 25.1 Å². The number of nitriles is 1. The number of carbonyl (C=O) groups is 1. The molecule has 1 aromatic carbocycles. The van der Waals surface area contributed by atoms with Crippen LogP contribution in [0.15, 0.2) is 53.2 Å². The minimum Gasteiger partial charge on any atom is -0.496 e. The van der Waals surface area contributed by atoms with Crippen molar-refractivity contribution in [3.63, 3.8) is 0 Å². The molecule has 2 aliphatic rings. The van der Waals surface area contributed by atoms with Gasteiger partial charge in [-0.2, -0.15) is 5.26 Å². The lowest BCUT2D eigenvalue weighted by Crippen LogP contribution is -2.34. The van der Waals surface area contributed by atoms with E-state index in [9.17, 15) is 14.4 Å². The fourth-order valence-corrected chi connectivity index (χ4v) is 5.72. The number of benzene rings is 1. The molecule has 4 aromatic rings. The summed E-state index contributed by atoms with van der Waals surface area (Å²) < 4.78 is 25.8. The molecule has 0 unspecified atom stereocenters. The Kier molecular flexibility index (Phi) is 7.05. The number of anilines is 1. The first kappa shape index (κ1) is 26.7. The summed E-state index contributed by atoms with van der Waals surface area (Å²) in [4.78, 5) is 28.0. The van der Waals surface area contributed by atoms with Crippen molar-refractivity contribution < 1.29 is 18.3 Å². The van der Waals surface area contributed by atoms with Crippen LogP contribution in [0.2, 0.25) is 0 Å². The maximum Gasteiger partial charge on any atom is 0.272 e. The zero-order chi connectivity index (χ0) is 28.7. The minimum absolute atomic E-state index is 0.125. The molecule has 210 valence electrons. The molecule has 0 spiro atoms. The van der Waals surface area contributed by atoms with Crippen LogP contribution in [0, 0.1) is 11.3 Å². The van der Waals surface area contributed by atoms with E-state index in [4.69, 9.17) is 9.15 Å². The molecule has 5 heterocycles. The summed E-state index contributed by atoms with van der Waals surface area (Å²) in [5.41, 5.74) is 4.89. The van der Waals surface area contributed by atoms with Crippen LogP contribution in [0.1, 0.15) is 28.9 Å². The third-order valence-electron chi connectivity index (χ3n) is 8.06. The van der Waals surface area contributed by atoms with Crippen LogP contribution in [-0.2, 0) is 0 Å². The number of pyridine rings is 2. The Morgan fingerprint density at radius 2 is 1.98 bits per heavy atom. The van der Waals surface area contributed by atoms with Gasteiger partial charge in [-0.15, -0.1) is 0 Å². The van der Waals surface area contributed by atoms with Crippen LogP contribution in [0.3, 0.4) is 0 Å². The molecule has 2 saturated heterocycles. The summed E-state index contributed by atoms with van der Waals surface area (Å²) in [6, 6.07) is 13.5. The Morgan fingerprint density at radius 3 is 2.68 bits per heavy atom. The predicted octanol–water partition coefficient (Wildman–Crippen LogP) is 4.76. The number of fused-ring (bicyclic) bond motifs is 1. The van der Waals surface area contributed by atoms with Crippen LogP contribution in [-0.4, -0.2) is 85.3 Å². The highest BCUT2D eigenvalue weighted by Gasteiger charge is 2.30. The Labute approximate surface area is 237 Å². The van der Waals surface area contributed by atoms with Crippen molar-refractivity contribution in [2.24, 2.45) is 0 Å². The maximum atomic E-state index is 13.8. The summed E-state index contributed by atoms with van der Waals surface area (Å²) in [7, 11) is 5.60. The molecule has 9 nitrogen and oxygen atoms in total. The van der Waals surface area contributed by atoms with E-state index in [-0.39, 0.29) is 5.91 Å². The molecule has 41 heavy (non-hydrogen) atoms. The minimum atomic E-state index is -0.878. The van der Waals surface area contributed by atoms with Gasteiger partial charge < -0.3 is 23.9 Å². The van der Waals surface area contributed by atoms with Gasteiger partial charge in [0.2, 0.25) is 0 Å². The number of carbonyl (C=O) groups excluding carboxylic acids is 1. The van der Waals surface area contributed by atoms with E-state index >= 15 is 0 Å². The zero-order valence-corrected chi connectivity index (χ0v) is 23.3. The van der Waals surface area contributed by atoms with Crippen molar-refractivity contribution >= 4 is 22.7 Å². The highest BCUT2D eigenvalue weighted by molar-refractivity contribution is 5.95. The summed E-state index contributed by atoms with van der Waals surface area (Å²) >= 11 is 0. The van der Waals surface area contributed by atoms with E-state index in [0.29, 0.717) is 78.1 Å². The summed E-state index contributed by atoms with van der Waals surface area (Å²) in [6.07, 6.45) is 3.81. The van der Waals surface area contributed by atoms with Gasteiger partial charge in [-0.3, -0.25) is 14.8 Å². The number of likely N-dealkylation sites (tertiary alicyclic amines) is 1. The number of hydrogen-bond donors (Lipinski definition) is 0. The number of likely N-dealkylation sites (N-methyl/N-ethyl adjacent to an activating group) is 1. The molecular formula is C31H31FN6O3. The number of methoxy groups -OCH3 is 1. The number of alkyl halides is 1. The highest BCUT2D eigenvalue weighted by atomic mass is 19.1. The van der Waals surface area contributed by atoms with E-state index in [0.717, 1.165) is 23.2 Å². The first-order valence-electron chi connectivity index (χ1n) is 13.7. The van der Waals surface area contributed by atoms with Gasteiger partial charge in [0, 0.05) is 62.3 Å². The van der Waals surface area contributed by atoms with Gasteiger partial charge in [-0.1, -0.05) is 6.07 Å². The Morgan fingerprint density at radius 1 is 1.12 bits per heavy atom. The molecule has 2 aliphatic heterocycles. The number of ether oxygens (including phenoxy) is 1. The van der Waals surface area contributed by atoms with Crippen molar-refractivity contribution in [2.75, 3.05) is 52.3 Å². The Balaban J connectivity index is 1.32. The summed E-state index contributed by atoms with van der Waals surface area (Å²) in [6.45, 7) is 2.24. The lowest BCUT2D eigenvalue weighted by atomic mass is 10.0. The second-order valence-corrected chi connectivity index (χ2v) is 10.8. The average molecular weight is 555 g/mol. The van der Waals surface area contributed by atoms with Gasteiger partial charge in [-0.05, 0) is 50.7 Å². The first-order valence-corrected chi connectivity index (χ1v) is 13.7. The topological polar surface area (TPSA) is 98.7 Å². The molecule has 10 heteroatoms. The normalized spacial score (nSPS) is 18.8. The molecule has 0 radical (unpaired) electrons. The molecule has 6 rings (SSSR count). The molecule has 3 aromatic heterocycles. The molecule has 0 aliphatic carbocycles. The van der Waals surface area contributed by atoms with Crippen LogP contribution < -0.4 is 9.64 Å². The van der Waals surface area contributed by atoms with Crippen molar-refractivity contribution in [3.8, 4) is 34.3 Å². The molecule has 2 fully saturated rings. The molecular weight excluding hydrogens is 523 g/mol. The van der Waals surface area contributed by atoms with Crippen molar-refractivity contribution in [3.05, 3.63) is 60.0 Å². The molecule has 0 saturated carbocycles. The number of aromatic nitrogens is 2. The quantitative estimate of drug-likeness (QED) is 0.337. The number of amides is 1. The average Bonchev–Trinajstić information content (AvgIpc) is 3.75. The summed E-state index contributed by atoms with van der Waals surface area (Å²) in [5, 5.41) is 9.85. The third kappa shape index (κ3) is 4.98. The van der Waals surface area contributed by atoms with Gasteiger partial charge in [0.05, 0.1) is 23.9 Å². The SMILES string of the molecule is COc1cc(C(=O)N2CC[C@@H](N(C)C)C2)ncc1-c1cc2nccc(-c3ccc(N4CC[C@H](F)C4)c(C#N)c3)c2o1. The van der Waals surface area contributed by atoms with E-state index in [1.54, 1.807) is 31.6 Å². The van der Waals surface area contributed by atoms with Gasteiger partial charge in [0.15, 0.2) is 5.58 Å². The zero-order valence-electron chi connectivity index (χ0n) is 23.3. The fraction of sp³-hybridized carbons (Fsp3) is 0.355. The van der Waals surface area contributed by atoms with Crippen LogP contribution in [0.25, 0.3) is 33.6 Å². The van der Waals surface area contributed by atoms with Gasteiger partial charge >= 0.3 is 0 Å². The lowest BCUT2D eigenvalue weighted by molar-refractivity contribution is 0.0777. The molecule has 0 N–H and O–H groups in total. The van der Waals surface area contributed by atoms with Crippen LogP contribution in [0.5, 0.6) is 5.75 Å². The standard InChI is InChI=1S/C31H31FN6O3/c1-36(2)22-8-11-38(18-22)31(39)26-14-28(40-3)24(16-35-26)29-13-25-30(41-29)23(6-9-34-25)19-4-5-27(20(12-19)15-33)37-10-7-21(32)17-37/h4-6,9,12-14,16,21-22H,7-8,10-11,17-18H2,1-3H3/t21-,22+/m0/s1. The number of rotatable bonds is 6. The van der Waals surface area contributed by atoms with Crippen molar-refractivity contribution in [1.29, 1.82) is 5.26 Å². The number of nitrogens with zero attached hydrogens (tertiary/aromatic N) is 6. The highest BCUT2D eigenvalue weighted by Crippen LogP contribution is 2.38. The first-order chi connectivity index (χ1) is 19.9. The monoisotopic (exact) mass is 554 g/mol. The Bertz CT molecular complexity index is 1660. The summed E-state index contributed by atoms with van der Waals surface area (Å²) in [5.74, 6) is 0.848. The van der Waals surface area contributed by atoms with Crippen molar-refractivity contribution in [1.82, 2.24) is 19.8 Å². The van der Waals surface area contributed by atoms with E-state index < -0.39 is 6.17 Å². The van der Waals surface area contributed by atoms with Gasteiger partial charge in [0.1, 0.15) is 35.0 Å². The largest absolute Gasteiger partial charge is 0.496 e. The van der Waals surface area contributed by atoms with Crippen LogP contribution in [0.4, 0.5) is 10.1 Å². The lowest BCUT2D eigenvalue weighted by Gasteiger charge is -2.20. The van der Waals surface area contributed by atoms with Gasteiger partial charge in [-0.25, -0.2) is 4.39 Å². The molecule has 2 atom stereocenters. The third-order valence-corrected chi connectivity index (χ3v) is 8.06. The Hall–Kier alpha value is -4.49. The number of furan rings is 1. The second kappa shape index (κ2) is 10.8.